The van der Waals surface area contributed by atoms with Crippen molar-refractivity contribution in [3.8, 4) is 0 Å². The van der Waals surface area contributed by atoms with Crippen molar-refractivity contribution in [3.63, 3.8) is 0 Å². The maximum Gasteiger partial charge on any atom is 0.165 e. The first-order valence-corrected chi connectivity index (χ1v) is 8.17. The Morgan fingerprint density at radius 1 is 1.24 bits per heavy atom. The molecule has 1 aromatic rings. The maximum atomic E-state index is 13.0. The van der Waals surface area contributed by atoms with Crippen LogP contribution >= 0.6 is 0 Å². The Morgan fingerprint density at radius 2 is 1.86 bits per heavy atom. The average Bonchev–Trinajstić information content (AvgIpc) is 2.79. The summed E-state index contributed by atoms with van der Waals surface area (Å²) in [6.07, 6.45) is 3.22. The van der Waals surface area contributed by atoms with Crippen LogP contribution in [-0.4, -0.2) is 5.78 Å². The van der Waals surface area contributed by atoms with Crippen molar-refractivity contribution in [1.82, 2.24) is 0 Å². The molecule has 2 bridgehead atoms. The van der Waals surface area contributed by atoms with Crippen molar-refractivity contribution >= 4 is 11.9 Å². The van der Waals surface area contributed by atoms with Crippen molar-refractivity contribution in [2.75, 3.05) is 0 Å². The maximum absolute atomic E-state index is 13.0. The van der Waals surface area contributed by atoms with Gasteiger partial charge in [0.25, 0.3) is 0 Å². The highest BCUT2D eigenvalue weighted by molar-refractivity contribution is 6.07. The molecule has 0 radical (unpaired) electrons. The summed E-state index contributed by atoms with van der Waals surface area (Å²) in [5, 5.41) is 0. The van der Waals surface area contributed by atoms with Gasteiger partial charge in [-0.1, -0.05) is 57.5 Å². The predicted octanol–water partition coefficient (Wildman–Crippen LogP) is 4.90. The van der Waals surface area contributed by atoms with Crippen LogP contribution in [0.15, 0.2) is 29.8 Å². The summed E-state index contributed by atoms with van der Waals surface area (Å²) >= 11 is 0. The number of allylic oxidation sites excluding steroid dienone is 1. The Balaban J connectivity index is 2.04. The summed E-state index contributed by atoms with van der Waals surface area (Å²) in [7, 11) is 0. The first kappa shape index (κ1) is 14.6. The van der Waals surface area contributed by atoms with Gasteiger partial charge in [-0.15, -0.1) is 0 Å². The molecule has 0 N–H and O–H groups in total. The third-order valence-corrected chi connectivity index (χ3v) is 5.74. The number of hydrogen-bond donors (Lipinski definition) is 0. The van der Waals surface area contributed by atoms with Crippen LogP contribution in [0.25, 0.3) is 6.08 Å². The fourth-order valence-corrected chi connectivity index (χ4v) is 5.06. The van der Waals surface area contributed by atoms with E-state index >= 15 is 0 Å². The largest absolute Gasteiger partial charge is 0.294 e. The molecule has 0 amide bonds. The van der Waals surface area contributed by atoms with Crippen molar-refractivity contribution in [1.29, 1.82) is 0 Å². The predicted molar refractivity (Wildman–Crippen MR) is 87.9 cm³/mol. The van der Waals surface area contributed by atoms with Crippen LogP contribution in [0, 0.1) is 36.0 Å². The smallest absolute Gasteiger partial charge is 0.165 e. The Bertz CT molecular complexity index is 593. The van der Waals surface area contributed by atoms with Gasteiger partial charge in [0.15, 0.2) is 5.78 Å². The minimum absolute atomic E-state index is 0.130. The second kappa shape index (κ2) is 4.83. The van der Waals surface area contributed by atoms with Gasteiger partial charge in [0.05, 0.1) is 0 Å². The fourth-order valence-electron chi connectivity index (χ4n) is 5.06. The van der Waals surface area contributed by atoms with Gasteiger partial charge in [-0.05, 0) is 54.2 Å². The highest BCUT2D eigenvalue weighted by Crippen LogP contribution is 2.63. The molecule has 0 heterocycles. The summed E-state index contributed by atoms with van der Waals surface area (Å²) in [5.41, 5.74) is 3.37. The van der Waals surface area contributed by atoms with E-state index in [4.69, 9.17) is 0 Å². The zero-order chi connectivity index (χ0) is 15.4. The number of carbonyl (C=O) groups is 1. The molecule has 21 heavy (non-hydrogen) atoms. The van der Waals surface area contributed by atoms with Gasteiger partial charge >= 0.3 is 0 Å². The van der Waals surface area contributed by atoms with Gasteiger partial charge in [0.2, 0.25) is 0 Å². The third kappa shape index (κ3) is 2.09. The lowest BCUT2D eigenvalue weighted by molar-refractivity contribution is -0.124. The number of carbonyl (C=O) groups excluding carboxylic acids is 1. The monoisotopic (exact) mass is 282 g/mol. The fraction of sp³-hybridized carbons (Fsp3) is 0.550. The standard InChI is InChI=1S/C20H26O/c1-12(2)18-17-14(4)11-20(18,5)19(21)16(17)10-15-8-6-13(3)7-9-15/h6-10,12,14,17-18H,11H2,1-5H3/b16-10-. The summed E-state index contributed by atoms with van der Waals surface area (Å²) in [6.45, 7) is 11.2. The number of hydrogen-bond acceptors (Lipinski definition) is 1. The number of rotatable bonds is 2. The number of benzene rings is 1. The Labute approximate surface area is 128 Å². The second-order valence-corrected chi connectivity index (χ2v) is 7.73. The zero-order valence-corrected chi connectivity index (χ0v) is 13.8. The molecule has 2 aliphatic carbocycles. The number of Topliss-reactive ketones (excluding diaryl/α,β-unsaturated/α-hetero) is 1. The number of fused-ring (bicyclic) bond motifs is 2. The quantitative estimate of drug-likeness (QED) is 0.705. The molecule has 4 atom stereocenters. The van der Waals surface area contributed by atoms with E-state index in [0.717, 1.165) is 17.6 Å². The first-order chi connectivity index (χ1) is 9.84. The topological polar surface area (TPSA) is 17.1 Å². The van der Waals surface area contributed by atoms with Crippen LogP contribution in [0.3, 0.4) is 0 Å². The molecule has 1 aromatic carbocycles. The lowest BCUT2D eigenvalue weighted by Gasteiger charge is -2.27. The van der Waals surface area contributed by atoms with E-state index in [9.17, 15) is 4.79 Å². The molecule has 2 saturated carbocycles. The van der Waals surface area contributed by atoms with E-state index in [2.05, 4.69) is 65.0 Å². The molecule has 112 valence electrons. The van der Waals surface area contributed by atoms with Gasteiger partial charge in [-0.3, -0.25) is 4.79 Å². The molecule has 2 aliphatic rings. The van der Waals surface area contributed by atoms with Crippen LogP contribution < -0.4 is 0 Å². The lowest BCUT2D eigenvalue weighted by atomic mass is 9.74. The zero-order valence-electron chi connectivity index (χ0n) is 13.8. The molecule has 0 spiro atoms. The van der Waals surface area contributed by atoms with E-state index in [0.29, 0.717) is 29.5 Å². The summed E-state index contributed by atoms with van der Waals surface area (Å²) in [5.74, 6) is 2.56. The van der Waals surface area contributed by atoms with E-state index in [1.165, 1.54) is 5.56 Å². The molecule has 4 unspecified atom stereocenters. The van der Waals surface area contributed by atoms with Crippen LogP contribution in [-0.2, 0) is 4.79 Å². The van der Waals surface area contributed by atoms with Crippen molar-refractivity contribution < 1.29 is 4.79 Å². The molecule has 0 aromatic heterocycles. The van der Waals surface area contributed by atoms with Crippen molar-refractivity contribution in [3.05, 3.63) is 41.0 Å². The van der Waals surface area contributed by atoms with Gasteiger partial charge in [0, 0.05) is 5.41 Å². The molecule has 2 fully saturated rings. The van der Waals surface area contributed by atoms with Crippen molar-refractivity contribution in [2.24, 2.45) is 29.1 Å². The van der Waals surface area contributed by atoms with E-state index in [-0.39, 0.29) is 5.41 Å². The first-order valence-electron chi connectivity index (χ1n) is 8.17. The number of ketones is 1. The normalized spacial score (nSPS) is 37.0. The summed E-state index contributed by atoms with van der Waals surface area (Å²) < 4.78 is 0. The minimum atomic E-state index is -0.130. The van der Waals surface area contributed by atoms with Gasteiger partial charge in [-0.25, -0.2) is 0 Å². The Hall–Kier alpha value is -1.37. The van der Waals surface area contributed by atoms with E-state index in [1.54, 1.807) is 0 Å². The molecule has 1 heteroatoms. The molecular weight excluding hydrogens is 256 g/mol. The highest BCUT2D eigenvalue weighted by Gasteiger charge is 2.62. The van der Waals surface area contributed by atoms with Crippen LogP contribution in [0.5, 0.6) is 0 Å². The van der Waals surface area contributed by atoms with Gasteiger partial charge < -0.3 is 0 Å². The van der Waals surface area contributed by atoms with Crippen LogP contribution in [0.4, 0.5) is 0 Å². The molecule has 0 aliphatic heterocycles. The molecule has 3 rings (SSSR count). The van der Waals surface area contributed by atoms with Crippen LogP contribution in [0.1, 0.15) is 45.2 Å². The molecule has 1 nitrogen and oxygen atoms in total. The van der Waals surface area contributed by atoms with Gasteiger partial charge in [-0.2, -0.15) is 0 Å². The highest BCUT2D eigenvalue weighted by atomic mass is 16.1. The lowest BCUT2D eigenvalue weighted by Crippen LogP contribution is -2.30. The van der Waals surface area contributed by atoms with Gasteiger partial charge in [0.1, 0.15) is 0 Å². The minimum Gasteiger partial charge on any atom is -0.294 e. The Kier molecular flexibility index (Phi) is 3.35. The molecule has 0 saturated heterocycles. The summed E-state index contributed by atoms with van der Waals surface area (Å²) in [4.78, 5) is 13.0. The average molecular weight is 282 g/mol. The van der Waals surface area contributed by atoms with Crippen LogP contribution in [0.2, 0.25) is 0 Å². The number of aryl methyl sites for hydroxylation is 1. The Morgan fingerprint density at radius 3 is 2.38 bits per heavy atom. The SMILES string of the molecule is Cc1ccc(/C=C2\C(=O)C3(C)CC(C)C2C3C(C)C)cc1. The second-order valence-electron chi connectivity index (χ2n) is 7.73. The van der Waals surface area contributed by atoms with Crippen molar-refractivity contribution in [2.45, 2.75) is 41.0 Å². The third-order valence-electron chi connectivity index (χ3n) is 5.74. The van der Waals surface area contributed by atoms with E-state index in [1.807, 2.05) is 0 Å². The van der Waals surface area contributed by atoms with E-state index < -0.39 is 0 Å². The summed E-state index contributed by atoms with van der Waals surface area (Å²) in [6, 6.07) is 8.49. The molecular formula is C20H26O.